The highest BCUT2D eigenvalue weighted by molar-refractivity contribution is 7.16. The predicted molar refractivity (Wildman–Crippen MR) is 85.6 cm³/mol. The highest BCUT2D eigenvalue weighted by atomic mass is 32.1. The fourth-order valence-electron chi connectivity index (χ4n) is 1.97. The van der Waals surface area contributed by atoms with E-state index in [-0.39, 0.29) is 24.0 Å². The van der Waals surface area contributed by atoms with E-state index in [1.54, 1.807) is 18.5 Å². The SMILES string of the molecule is CC(C)(C)C(CCO)NC(=O)c1cnc(-c2ncccn2)s1. The number of rotatable bonds is 5. The summed E-state index contributed by atoms with van der Waals surface area (Å²) in [6.45, 7) is 6.13. The summed E-state index contributed by atoms with van der Waals surface area (Å²) in [7, 11) is 0. The summed E-state index contributed by atoms with van der Waals surface area (Å²) in [5.41, 5.74) is -0.131. The van der Waals surface area contributed by atoms with Crippen LogP contribution in [0, 0.1) is 5.41 Å². The number of thiazole rings is 1. The molecule has 1 unspecified atom stereocenters. The van der Waals surface area contributed by atoms with Crippen LogP contribution in [0.2, 0.25) is 0 Å². The summed E-state index contributed by atoms with van der Waals surface area (Å²) in [5.74, 6) is 0.322. The molecule has 2 rings (SSSR count). The lowest BCUT2D eigenvalue weighted by molar-refractivity contribution is 0.0889. The van der Waals surface area contributed by atoms with E-state index in [9.17, 15) is 4.79 Å². The van der Waals surface area contributed by atoms with Crippen molar-refractivity contribution < 1.29 is 9.90 Å². The van der Waals surface area contributed by atoms with E-state index in [1.807, 2.05) is 20.8 Å². The van der Waals surface area contributed by atoms with Crippen LogP contribution in [0.3, 0.4) is 0 Å². The van der Waals surface area contributed by atoms with Crippen molar-refractivity contribution in [3.8, 4) is 10.8 Å². The van der Waals surface area contributed by atoms with E-state index in [4.69, 9.17) is 5.11 Å². The van der Waals surface area contributed by atoms with Gasteiger partial charge in [-0.3, -0.25) is 4.79 Å². The Labute approximate surface area is 133 Å². The van der Waals surface area contributed by atoms with Crippen LogP contribution in [0.25, 0.3) is 10.8 Å². The van der Waals surface area contributed by atoms with E-state index in [0.29, 0.717) is 22.1 Å². The van der Waals surface area contributed by atoms with Gasteiger partial charge in [-0.15, -0.1) is 11.3 Å². The maximum absolute atomic E-state index is 12.4. The van der Waals surface area contributed by atoms with Gasteiger partial charge in [-0.05, 0) is 17.9 Å². The first kappa shape index (κ1) is 16.5. The van der Waals surface area contributed by atoms with Gasteiger partial charge in [-0.1, -0.05) is 20.8 Å². The zero-order valence-electron chi connectivity index (χ0n) is 12.9. The minimum atomic E-state index is -0.187. The van der Waals surface area contributed by atoms with Crippen LogP contribution in [-0.4, -0.2) is 38.6 Å². The van der Waals surface area contributed by atoms with Crippen molar-refractivity contribution in [2.75, 3.05) is 6.61 Å². The Kier molecular flexibility index (Phi) is 5.20. The van der Waals surface area contributed by atoms with Crippen LogP contribution in [0.1, 0.15) is 36.9 Å². The summed E-state index contributed by atoms with van der Waals surface area (Å²) in [4.78, 5) is 25.3. The lowest BCUT2D eigenvalue weighted by atomic mass is 9.85. The molecule has 2 heterocycles. The Morgan fingerprint density at radius 2 is 2.00 bits per heavy atom. The fourth-order valence-corrected chi connectivity index (χ4v) is 2.74. The topological polar surface area (TPSA) is 88.0 Å². The minimum Gasteiger partial charge on any atom is -0.396 e. The van der Waals surface area contributed by atoms with Gasteiger partial charge in [-0.25, -0.2) is 15.0 Å². The standard InChI is InChI=1S/C15H20N4O2S/c1-15(2,3)11(5-8-20)19-13(21)10-9-18-14(22-10)12-16-6-4-7-17-12/h4,6-7,9,11,20H,5,8H2,1-3H3,(H,19,21). The molecule has 0 aliphatic heterocycles. The second kappa shape index (κ2) is 6.93. The minimum absolute atomic E-state index is 0.0357. The molecule has 1 amide bonds. The second-order valence-electron chi connectivity index (χ2n) is 6.01. The molecule has 0 spiro atoms. The number of nitrogens with one attached hydrogen (secondary N) is 1. The zero-order valence-corrected chi connectivity index (χ0v) is 13.7. The third kappa shape index (κ3) is 4.08. The molecule has 0 aromatic carbocycles. The number of carbonyl (C=O) groups excluding carboxylic acids is 1. The number of aliphatic hydroxyl groups is 1. The summed E-state index contributed by atoms with van der Waals surface area (Å²) >= 11 is 1.25. The predicted octanol–water partition coefficient (Wildman–Crippen LogP) is 2.13. The average molecular weight is 320 g/mol. The second-order valence-corrected chi connectivity index (χ2v) is 7.04. The van der Waals surface area contributed by atoms with Gasteiger partial charge in [0.15, 0.2) is 10.8 Å². The van der Waals surface area contributed by atoms with E-state index in [2.05, 4.69) is 20.3 Å². The van der Waals surface area contributed by atoms with Gasteiger partial charge in [0.25, 0.3) is 5.91 Å². The normalized spacial score (nSPS) is 12.9. The van der Waals surface area contributed by atoms with Gasteiger partial charge in [0.1, 0.15) is 4.88 Å². The third-order valence-electron chi connectivity index (χ3n) is 3.26. The van der Waals surface area contributed by atoms with Crippen LogP contribution < -0.4 is 5.32 Å². The monoisotopic (exact) mass is 320 g/mol. The van der Waals surface area contributed by atoms with Gasteiger partial charge in [0.05, 0.1) is 6.20 Å². The van der Waals surface area contributed by atoms with Crippen LogP contribution in [-0.2, 0) is 0 Å². The van der Waals surface area contributed by atoms with Crippen molar-refractivity contribution in [1.82, 2.24) is 20.3 Å². The molecule has 0 saturated carbocycles. The first-order valence-corrected chi connectivity index (χ1v) is 7.88. The number of aromatic nitrogens is 3. The first-order valence-electron chi connectivity index (χ1n) is 7.06. The number of hydrogen-bond acceptors (Lipinski definition) is 6. The van der Waals surface area contributed by atoms with Crippen LogP contribution in [0.5, 0.6) is 0 Å². The van der Waals surface area contributed by atoms with E-state index < -0.39 is 0 Å². The third-order valence-corrected chi connectivity index (χ3v) is 4.25. The molecule has 2 aromatic heterocycles. The lowest BCUT2D eigenvalue weighted by Gasteiger charge is -2.30. The molecule has 0 bridgehead atoms. The molecule has 6 nitrogen and oxygen atoms in total. The van der Waals surface area contributed by atoms with Gasteiger partial charge >= 0.3 is 0 Å². The van der Waals surface area contributed by atoms with E-state index in [0.717, 1.165) is 0 Å². The number of nitrogens with zero attached hydrogens (tertiary/aromatic N) is 3. The van der Waals surface area contributed by atoms with Gasteiger partial charge in [0, 0.05) is 25.0 Å². The van der Waals surface area contributed by atoms with Crippen LogP contribution in [0.4, 0.5) is 0 Å². The van der Waals surface area contributed by atoms with Crippen LogP contribution >= 0.6 is 11.3 Å². The smallest absolute Gasteiger partial charge is 0.263 e. The Morgan fingerprint density at radius 1 is 1.32 bits per heavy atom. The molecule has 118 valence electrons. The quantitative estimate of drug-likeness (QED) is 0.881. The molecule has 0 radical (unpaired) electrons. The van der Waals surface area contributed by atoms with E-state index in [1.165, 1.54) is 17.5 Å². The molecule has 0 saturated heterocycles. The van der Waals surface area contributed by atoms with Crippen molar-refractivity contribution in [2.45, 2.75) is 33.2 Å². The lowest BCUT2D eigenvalue weighted by Crippen LogP contribution is -2.44. The summed E-state index contributed by atoms with van der Waals surface area (Å²) in [6.07, 6.45) is 5.33. The number of aliphatic hydroxyl groups excluding tert-OH is 1. The molecule has 1 atom stereocenters. The fraction of sp³-hybridized carbons (Fsp3) is 0.467. The van der Waals surface area contributed by atoms with Gasteiger partial charge < -0.3 is 10.4 Å². The number of hydrogen-bond donors (Lipinski definition) is 2. The van der Waals surface area contributed by atoms with Crippen molar-refractivity contribution >= 4 is 17.2 Å². The number of amides is 1. The largest absolute Gasteiger partial charge is 0.396 e. The maximum atomic E-state index is 12.4. The molecule has 0 aliphatic rings. The molecule has 2 aromatic rings. The Morgan fingerprint density at radius 3 is 2.59 bits per heavy atom. The summed E-state index contributed by atoms with van der Waals surface area (Å²) in [6, 6.07) is 1.62. The molecule has 2 N–H and O–H groups in total. The van der Waals surface area contributed by atoms with E-state index >= 15 is 0 Å². The van der Waals surface area contributed by atoms with Crippen molar-refractivity contribution in [3.63, 3.8) is 0 Å². The van der Waals surface area contributed by atoms with Crippen molar-refractivity contribution in [3.05, 3.63) is 29.5 Å². The summed E-state index contributed by atoms with van der Waals surface area (Å²) in [5, 5.41) is 12.7. The van der Waals surface area contributed by atoms with Crippen molar-refractivity contribution in [2.24, 2.45) is 5.41 Å². The van der Waals surface area contributed by atoms with Crippen molar-refractivity contribution in [1.29, 1.82) is 0 Å². The average Bonchev–Trinajstić information content (AvgIpc) is 2.96. The molecule has 22 heavy (non-hydrogen) atoms. The number of carbonyl (C=O) groups is 1. The van der Waals surface area contributed by atoms with Gasteiger partial charge in [-0.2, -0.15) is 0 Å². The zero-order chi connectivity index (χ0) is 16.2. The molecule has 0 aliphatic carbocycles. The van der Waals surface area contributed by atoms with Gasteiger partial charge in [0.2, 0.25) is 0 Å². The maximum Gasteiger partial charge on any atom is 0.263 e. The first-order chi connectivity index (χ1) is 10.4. The molecule has 7 heteroatoms. The summed E-state index contributed by atoms with van der Waals surface area (Å²) < 4.78 is 0. The Hall–Kier alpha value is -1.86. The highest BCUT2D eigenvalue weighted by Crippen LogP contribution is 2.24. The van der Waals surface area contributed by atoms with Crippen LogP contribution in [0.15, 0.2) is 24.7 Å². The Balaban J connectivity index is 2.12. The molecule has 0 fully saturated rings. The highest BCUT2D eigenvalue weighted by Gasteiger charge is 2.26. The molecular weight excluding hydrogens is 300 g/mol. The Bertz CT molecular complexity index is 622. The molecular formula is C15H20N4O2S.